The fraction of sp³-hybridized carbons (Fsp3) is 0.100. The molecule has 0 unspecified atom stereocenters. The molecule has 2 rings (SSSR count). The summed E-state index contributed by atoms with van der Waals surface area (Å²) >= 11 is -0.0458. The van der Waals surface area contributed by atoms with Crippen molar-refractivity contribution in [3.63, 3.8) is 0 Å². The molecule has 0 spiro atoms. The molecule has 0 aromatic heterocycles. The van der Waals surface area contributed by atoms with Crippen LogP contribution in [0.3, 0.4) is 0 Å². The van der Waals surface area contributed by atoms with Crippen LogP contribution in [0.5, 0.6) is 0 Å². The third-order valence-corrected chi connectivity index (χ3v) is 3.56. The van der Waals surface area contributed by atoms with Crippen LogP contribution in [-0.4, -0.2) is 26.3 Å². The number of amides is 1. The molecule has 0 aliphatic carbocycles. The summed E-state index contributed by atoms with van der Waals surface area (Å²) in [5.74, 6) is 0. The molecule has 1 fully saturated rings. The van der Waals surface area contributed by atoms with Crippen LogP contribution in [0.1, 0.15) is 0 Å². The van der Waals surface area contributed by atoms with Crippen LogP contribution < -0.4 is 4.90 Å². The molecule has 1 aliphatic rings. The van der Waals surface area contributed by atoms with E-state index in [0.717, 1.165) is 10.2 Å². The predicted molar refractivity (Wildman–Crippen MR) is 54.1 cm³/mol. The number of carbonyl (C=O) groups excluding carboxylic acids is 1. The van der Waals surface area contributed by atoms with Crippen LogP contribution in [0.25, 0.3) is 0 Å². The summed E-state index contributed by atoms with van der Waals surface area (Å²) in [5.41, 5.74) is 0.980. The molecule has 0 saturated carbocycles. The average molecular weight is 238 g/mol. The van der Waals surface area contributed by atoms with Crippen LogP contribution >= 0.6 is 0 Å². The van der Waals surface area contributed by atoms with E-state index in [-0.39, 0.29) is 19.8 Å². The molecule has 1 aliphatic heterocycles. The Morgan fingerprint density at radius 3 is 2.54 bits per heavy atom. The van der Waals surface area contributed by atoms with E-state index in [9.17, 15) is 4.79 Å². The van der Waals surface area contributed by atoms with Gasteiger partial charge in [0, 0.05) is 0 Å². The van der Waals surface area contributed by atoms with Gasteiger partial charge in [0.2, 0.25) is 0 Å². The van der Waals surface area contributed by atoms with Crippen LogP contribution in [0.4, 0.5) is 10.5 Å². The first-order valence-corrected chi connectivity index (χ1v) is 5.71. The molecule has 0 atom stereocenters. The van der Waals surface area contributed by atoms with Gasteiger partial charge in [-0.05, 0) is 0 Å². The second-order valence-electron chi connectivity index (χ2n) is 2.83. The predicted octanol–water partition coefficient (Wildman–Crippen LogP) is 1.84. The summed E-state index contributed by atoms with van der Waals surface area (Å²) in [4.78, 5) is 13.5. The van der Waals surface area contributed by atoms with E-state index in [1.165, 1.54) is 0 Å². The van der Waals surface area contributed by atoms with Crippen LogP contribution in [-0.2, 0) is 0 Å². The van der Waals surface area contributed by atoms with Crippen molar-refractivity contribution in [3.05, 3.63) is 41.4 Å². The molecule has 0 radical (unpaired) electrons. The molecule has 1 amide bonds. The summed E-state index contributed by atoms with van der Waals surface area (Å²) in [6.45, 7) is 4.54. The molecule has 1 saturated heterocycles. The normalized spacial score (nSPS) is 16.8. The van der Waals surface area contributed by atoms with E-state index in [1.54, 1.807) is 4.90 Å². The average Bonchev–Trinajstić information content (AvgIpc) is 2.47. The Morgan fingerprint density at radius 2 is 2.00 bits per heavy atom. The number of hydrogen-bond donors (Lipinski definition) is 0. The number of carbonyl (C=O) groups is 1. The summed E-state index contributed by atoms with van der Waals surface area (Å²) in [5, 5.41) is 0. The van der Waals surface area contributed by atoms with Gasteiger partial charge in [-0.25, -0.2) is 0 Å². The molecular weight excluding hydrogens is 229 g/mol. The second-order valence-corrected chi connectivity index (χ2v) is 5.20. The van der Waals surface area contributed by atoms with Gasteiger partial charge >= 0.3 is 83.1 Å². The molecule has 66 valence electrons. The van der Waals surface area contributed by atoms with E-state index in [4.69, 9.17) is 0 Å². The van der Waals surface area contributed by atoms with Gasteiger partial charge in [0.1, 0.15) is 0 Å². The van der Waals surface area contributed by atoms with Crippen molar-refractivity contribution in [1.82, 2.24) is 0 Å². The topological polar surface area (TPSA) is 20.3 Å². The SMILES string of the molecule is C=C1CN(c2ccccc2)C(=O)[Se]1. The summed E-state index contributed by atoms with van der Waals surface area (Å²) in [7, 11) is 0. The van der Waals surface area contributed by atoms with E-state index in [1.807, 2.05) is 30.3 Å². The maximum absolute atomic E-state index is 11.5. The molecular formula is C10H9NOSe. The second kappa shape index (κ2) is 3.36. The fourth-order valence-electron chi connectivity index (χ4n) is 1.26. The van der Waals surface area contributed by atoms with Crippen LogP contribution in [0, 0.1) is 0 Å². The van der Waals surface area contributed by atoms with Crippen molar-refractivity contribution >= 4 is 25.4 Å². The Hall–Kier alpha value is -1.05. The van der Waals surface area contributed by atoms with Crippen molar-refractivity contribution in [3.8, 4) is 0 Å². The Balaban J connectivity index is 2.28. The number of para-hydroxylation sites is 1. The number of benzene rings is 1. The summed E-state index contributed by atoms with van der Waals surface area (Å²) in [6.07, 6.45) is 0. The number of anilines is 1. The van der Waals surface area contributed by atoms with Crippen molar-refractivity contribution in [2.24, 2.45) is 0 Å². The molecule has 2 nitrogen and oxygen atoms in total. The standard InChI is InChI=1S/C10H9NOSe/c1-8-7-11(10(12)13-8)9-5-3-2-4-6-9/h2-6H,1,7H2. The number of rotatable bonds is 1. The summed E-state index contributed by atoms with van der Waals surface area (Å²) < 4.78 is 1.06. The Labute approximate surface area is 83.4 Å². The Bertz CT molecular complexity index is 347. The third kappa shape index (κ3) is 1.67. The number of hydrogen-bond acceptors (Lipinski definition) is 1. The van der Waals surface area contributed by atoms with Crippen molar-refractivity contribution in [1.29, 1.82) is 0 Å². The van der Waals surface area contributed by atoms with Crippen molar-refractivity contribution in [2.45, 2.75) is 0 Å². The van der Waals surface area contributed by atoms with E-state index < -0.39 is 0 Å². The minimum atomic E-state index is -0.0458. The van der Waals surface area contributed by atoms with Gasteiger partial charge in [0.25, 0.3) is 0 Å². The van der Waals surface area contributed by atoms with E-state index in [2.05, 4.69) is 6.58 Å². The molecule has 1 heterocycles. The first kappa shape index (κ1) is 8.54. The first-order chi connectivity index (χ1) is 6.27. The van der Waals surface area contributed by atoms with Gasteiger partial charge in [-0.15, -0.1) is 0 Å². The monoisotopic (exact) mass is 239 g/mol. The van der Waals surface area contributed by atoms with Crippen molar-refractivity contribution < 1.29 is 4.79 Å². The molecule has 13 heavy (non-hydrogen) atoms. The molecule has 3 heteroatoms. The number of nitrogens with zero attached hydrogens (tertiary/aromatic N) is 1. The first-order valence-electron chi connectivity index (χ1n) is 3.99. The summed E-state index contributed by atoms with van der Waals surface area (Å²) in [6, 6.07) is 9.73. The maximum atomic E-state index is 11.5. The van der Waals surface area contributed by atoms with E-state index >= 15 is 0 Å². The molecule has 0 N–H and O–H groups in total. The van der Waals surface area contributed by atoms with Gasteiger partial charge in [-0.1, -0.05) is 0 Å². The quantitative estimate of drug-likeness (QED) is 0.683. The van der Waals surface area contributed by atoms with Crippen molar-refractivity contribution in [2.75, 3.05) is 11.4 Å². The Kier molecular flexibility index (Phi) is 2.21. The van der Waals surface area contributed by atoms with Crippen LogP contribution in [0.15, 0.2) is 41.4 Å². The van der Waals surface area contributed by atoms with Crippen LogP contribution in [0.2, 0.25) is 0 Å². The van der Waals surface area contributed by atoms with Gasteiger partial charge < -0.3 is 0 Å². The minimum absolute atomic E-state index is 0.0458. The van der Waals surface area contributed by atoms with Gasteiger partial charge in [-0.2, -0.15) is 0 Å². The zero-order chi connectivity index (χ0) is 9.26. The van der Waals surface area contributed by atoms with Gasteiger partial charge in [-0.3, -0.25) is 0 Å². The Morgan fingerprint density at radius 1 is 1.31 bits per heavy atom. The fourth-order valence-corrected chi connectivity index (χ4v) is 2.77. The molecule has 1 aromatic rings. The zero-order valence-electron chi connectivity index (χ0n) is 7.06. The van der Waals surface area contributed by atoms with Gasteiger partial charge in [0.15, 0.2) is 0 Å². The third-order valence-electron chi connectivity index (χ3n) is 1.85. The van der Waals surface area contributed by atoms with E-state index in [0.29, 0.717) is 6.54 Å². The molecule has 1 aromatic carbocycles. The zero-order valence-corrected chi connectivity index (χ0v) is 8.78. The van der Waals surface area contributed by atoms with Gasteiger partial charge in [0.05, 0.1) is 0 Å². The molecule has 0 bridgehead atoms.